The van der Waals surface area contributed by atoms with Crippen molar-refractivity contribution in [2.75, 3.05) is 26.3 Å². The number of amides is 1. The average molecular weight is 306 g/mol. The molecule has 4 nitrogen and oxygen atoms in total. The van der Waals surface area contributed by atoms with Gasteiger partial charge in [-0.05, 0) is 18.2 Å². The second-order valence-corrected chi connectivity index (χ2v) is 4.63. The highest BCUT2D eigenvalue weighted by molar-refractivity contribution is 5.94. The van der Waals surface area contributed by atoms with Gasteiger partial charge in [-0.15, -0.1) is 0 Å². The van der Waals surface area contributed by atoms with Crippen molar-refractivity contribution in [1.29, 1.82) is 0 Å². The standard InChI is InChI=1S/C13H14F4N2O2/c14-11-2-1-8(5-10(11)13(15,16)17)12(20)19-6-9-7-21-4-3-18-9/h1-2,5,9,18H,3-4,6-7H2,(H,19,20). The Morgan fingerprint density at radius 3 is 2.81 bits per heavy atom. The number of nitrogens with one attached hydrogen (secondary N) is 2. The fraction of sp³-hybridized carbons (Fsp3) is 0.462. The molecule has 1 saturated heterocycles. The number of hydrogen-bond acceptors (Lipinski definition) is 3. The molecule has 0 spiro atoms. The lowest BCUT2D eigenvalue weighted by Gasteiger charge is -2.24. The van der Waals surface area contributed by atoms with Crippen LogP contribution in [0.25, 0.3) is 0 Å². The predicted molar refractivity (Wildman–Crippen MR) is 66.3 cm³/mol. The number of rotatable bonds is 3. The van der Waals surface area contributed by atoms with Crippen LogP contribution in [0.2, 0.25) is 0 Å². The lowest BCUT2D eigenvalue weighted by atomic mass is 10.1. The van der Waals surface area contributed by atoms with E-state index in [1.807, 2.05) is 0 Å². The van der Waals surface area contributed by atoms with Crippen molar-refractivity contribution in [2.24, 2.45) is 0 Å². The summed E-state index contributed by atoms with van der Waals surface area (Å²) in [4.78, 5) is 11.8. The number of halogens is 4. The molecule has 2 N–H and O–H groups in total. The van der Waals surface area contributed by atoms with Crippen molar-refractivity contribution >= 4 is 5.91 Å². The number of carbonyl (C=O) groups excluding carboxylic acids is 1. The number of alkyl halides is 3. The van der Waals surface area contributed by atoms with Crippen molar-refractivity contribution < 1.29 is 27.1 Å². The Morgan fingerprint density at radius 2 is 2.19 bits per heavy atom. The molecule has 2 rings (SSSR count). The van der Waals surface area contributed by atoms with Crippen LogP contribution in [-0.4, -0.2) is 38.3 Å². The summed E-state index contributed by atoms with van der Waals surface area (Å²) in [5.41, 5.74) is -1.69. The summed E-state index contributed by atoms with van der Waals surface area (Å²) in [5, 5.41) is 5.59. The van der Waals surface area contributed by atoms with Gasteiger partial charge in [0.15, 0.2) is 0 Å². The highest BCUT2D eigenvalue weighted by Crippen LogP contribution is 2.31. The van der Waals surface area contributed by atoms with E-state index in [9.17, 15) is 22.4 Å². The van der Waals surface area contributed by atoms with Gasteiger partial charge in [-0.1, -0.05) is 0 Å². The quantitative estimate of drug-likeness (QED) is 0.833. The summed E-state index contributed by atoms with van der Waals surface area (Å²) in [7, 11) is 0. The van der Waals surface area contributed by atoms with E-state index in [1.165, 1.54) is 0 Å². The van der Waals surface area contributed by atoms with E-state index in [4.69, 9.17) is 4.74 Å². The van der Waals surface area contributed by atoms with Gasteiger partial charge in [0.2, 0.25) is 0 Å². The number of benzene rings is 1. The van der Waals surface area contributed by atoms with Crippen LogP contribution in [0.3, 0.4) is 0 Å². The highest BCUT2D eigenvalue weighted by atomic mass is 19.4. The van der Waals surface area contributed by atoms with Crippen LogP contribution >= 0.6 is 0 Å². The van der Waals surface area contributed by atoms with Crippen LogP contribution in [0.1, 0.15) is 15.9 Å². The van der Waals surface area contributed by atoms with Gasteiger partial charge in [-0.3, -0.25) is 4.79 Å². The molecule has 1 atom stereocenters. The van der Waals surface area contributed by atoms with Crippen LogP contribution in [-0.2, 0) is 10.9 Å². The third-order valence-electron chi connectivity index (χ3n) is 3.04. The smallest absolute Gasteiger partial charge is 0.378 e. The zero-order valence-corrected chi connectivity index (χ0v) is 11.0. The normalized spacial score (nSPS) is 19.3. The maximum absolute atomic E-state index is 13.1. The van der Waals surface area contributed by atoms with E-state index < -0.39 is 23.5 Å². The predicted octanol–water partition coefficient (Wildman–Crippen LogP) is 1.56. The summed E-state index contributed by atoms with van der Waals surface area (Å²) in [5.74, 6) is -2.09. The van der Waals surface area contributed by atoms with Crippen LogP contribution in [0, 0.1) is 5.82 Å². The van der Waals surface area contributed by atoms with Gasteiger partial charge < -0.3 is 15.4 Å². The van der Waals surface area contributed by atoms with E-state index in [-0.39, 0.29) is 18.2 Å². The molecule has 1 aliphatic heterocycles. The molecule has 116 valence electrons. The maximum atomic E-state index is 13.1. The topological polar surface area (TPSA) is 50.4 Å². The molecule has 0 aromatic heterocycles. The van der Waals surface area contributed by atoms with Gasteiger partial charge in [0.1, 0.15) is 5.82 Å². The van der Waals surface area contributed by atoms with Gasteiger partial charge in [0, 0.05) is 24.7 Å². The second-order valence-electron chi connectivity index (χ2n) is 4.63. The number of carbonyl (C=O) groups is 1. The fourth-order valence-corrected chi connectivity index (χ4v) is 1.95. The van der Waals surface area contributed by atoms with Crippen molar-refractivity contribution in [2.45, 2.75) is 12.2 Å². The van der Waals surface area contributed by atoms with Crippen molar-refractivity contribution in [3.8, 4) is 0 Å². The average Bonchev–Trinajstić information content (AvgIpc) is 2.45. The first-order valence-electron chi connectivity index (χ1n) is 6.34. The van der Waals surface area contributed by atoms with Crippen LogP contribution < -0.4 is 10.6 Å². The molecule has 1 unspecified atom stereocenters. The molecular formula is C13H14F4N2O2. The zero-order valence-electron chi connectivity index (χ0n) is 11.0. The summed E-state index contributed by atoms with van der Waals surface area (Å²) in [6.45, 7) is 1.86. The van der Waals surface area contributed by atoms with E-state index in [1.54, 1.807) is 0 Å². The van der Waals surface area contributed by atoms with Crippen LogP contribution in [0.5, 0.6) is 0 Å². The molecule has 21 heavy (non-hydrogen) atoms. The van der Waals surface area contributed by atoms with Crippen molar-refractivity contribution in [1.82, 2.24) is 10.6 Å². The molecule has 0 bridgehead atoms. The largest absolute Gasteiger partial charge is 0.419 e. The van der Waals surface area contributed by atoms with Gasteiger partial charge in [-0.25, -0.2) is 4.39 Å². The molecule has 1 amide bonds. The van der Waals surface area contributed by atoms with Gasteiger partial charge >= 0.3 is 6.18 Å². The molecular weight excluding hydrogens is 292 g/mol. The Hall–Kier alpha value is -1.67. The van der Waals surface area contributed by atoms with Gasteiger partial charge in [0.05, 0.1) is 18.8 Å². The number of hydrogen-bond donors (Lipinski definition) is 2. The van der Waals surface area contributed by atoms with Gasteiger partial charge in [-0.2, -0.15) is 13.2 Å². The molecule has 1 heterocycles. The molecule has 1 aliphatic rings. The summed E-state index contributed by atoms with van der Waals surface area (Å²) < 4.78 is 56.0. The number of ether oxygens (including phenoxy) is 1. The molecule has 0 aliphatic carbocycles. The van der Waals surface area contributed by atoms with Gasteiger partial charge in [0.25, 0.3) is 5.91 Å². The highest BCUT2D eigenvalue weighted by Gasteiger charge is 2.34. The third kappa shape index (κ3) is 4.15. The lowest BCUT2D eigenvalue weighted by molar-refractivity contribution is -0.140. The summed E-state index contributed by atoms with van der Waals surface area (Å²) in [6, 6.07) is 2.07. The first-order valence-corrected chi connectivity index (χ1v) is 6.34. The van der Waals surface area contributed by atoms with E-state index in [0.29, 0.717) is 31.9 Å². The minimum absolute atomic E-state index is 0.0924. The first-order chi connectivity index (χ1) is 9.88. The SMILES string of the molecule is O=C(NCC1COCCN1)c1ccc(F)c(C(F)(F)F)c1. The van der Waals surface area contributed by atoms with E-state index in [2.05, 4.69) is 10.6 Å². The van der Waals surface area contributed by atoms with E-state index >= 15 is 0 Å². The Kier molecular flexibility index (Phi) is 4.79. The molecule has 1 fully saturated rings. The minimum Gasteiger partial charge on any atom is -0.378 e. The third-order valence-corrected chi connectivity index (χ3v) is 3.04. The Morgan fingerprint density at radius 1 is 1.43 bits per heavy atom. The summed E-state index contributed by atoms with van der Waals surface area (Å²) >= 11 is 0. The lowest BCUT2D eigenvalue weighted by Crippen LogP contribution is -2.48. The Bertz CT molecular complexity index is 513. The van der Waals surface area contributed by atoms with Crippen molar-refractivity contribution in [3.05, 3.63) is 35.1 Å². The Labute approximate surface area is 118 Å². The first kappa shape index (κ1) is 15.7. The maximum Gasteiger partial charge on any atom is 0.419 e. The fourth-order valence-electron chi connectivity index (χ4n) is 1.95. The molecule has 0 radical (unpaired) electrons. The molecule has 1 aromatic rings. The Balaban J connectivity index is 2.02. The number of morpholine rings is 1. The molecule has 8 heteroatoms. The zero-order chi connectivity index (χ0) is 15.5. The molecule has 0 saturated carbocycles. The van der Waals surface area contributed by atoms with Crippen molar-refractivity contribution in [3.63, 3.8) is 0 Å². The second kappa shape index (κ2) is 6.40. The van der Waals surface area contributed by atoms with Crippen LogP contribution in [0.4, 0.5) is 17.6 Å². The monoisotopic (exact) mass is 306 g/mol. The summed E-state index contributed by atoms with van der Waals surface area (Å²) in [6.07, 6.45) is -4.83. The van der Waals surface area contributed by atoms with E-state index in [0.717, 1.165) is 6.07 Å². The van der Waals surface area contributed by atoms with Crippen LogP contribution in [0.15, 0.2) is 18.2 Å². The minimum atomic E-state index is -4.83. The molecule has 1 aromatic carbocycles.